The Morgan fingerprint density at radius 2 is 1.81 bits per heavy atom. The number of carbonyl (C=O) groups excluding carboxylic acids is 1. The fourth-order valence-electron chi connectivity index (χ4n) is 0.978. The van der Waals surface area contributed by atoms with Crippen molar-refractivity contribution in [2.75, 3.05) is 5.32 Å². The van der Waals surface area contributed by atoms with Crippen molar-refractivity contribution in [3.05, 3.63) is 12.1 Å². The van der Waals surface area contributed by atoms with Gasteiger partial charge in [0.05, 0.1) is 6.20 Å². The number of oxazole rings is 1. The van der Waals surface area contributed by atoms with Crippen LogP contribution >= 0.6 is 0 Å². The molecule has 1 N–H and O–H groups in total. The lowest BCUT2D eigenvalue weighted by Gasteiger charge is -2.16. The van der Waals surface area contributed by atoms with E-state index in [1.807, 2.05) is 41.5 Å². The molecule has 1 aromatic rings. The maximum absolute atomic E-state index is 11.7. The molecule has 0 aliphatic rings. The second-order valence-corrected chi connectivity index (χ2v) is 5.98. The topological polar surface area (TPSA) is 55.1 Å². The van der Waals surface area contributed by atoms with Crippen molar-refractivity contribution in [3.63, 3.8) is 0 Å². The third kappa shape index (κ3) is 3.08. The van der Waals surface area contributed by atoms with Gasteiger partial charge in [0.25, 0.3) is 0 Å². The Bertz CT molecular complexity index is 380. The molecule has 0 aliphatic carbocycles. The van der Waals surface area contributed by atoms with Crippen LogP contribution in [0.4, 0.5) is 5.88 Å². The molecule has 4 heteroatoms. The standard InChI is InChI=1S/C12H20N2O2/c1-11(2,3)9(15)14-8-7-13-10(16-8)12(4,5)6/h7H,1-6H3,(H,14,15). The van der Waals surface area contributed by atoms with Crippen LogP contribution in [-0.4, -0.2) is 10.9 Å². The van der Waals surface area contributed by atoms with Gasteiger partial charge in [0.1, 0.15) is 0 Å². The predicted molar refractivity (Wildman–Crippen MR) is 63.3 cm³/mol. The van der Waals surface area contributed by atoms with Crippen molar-refractivity contribution < 1.29 is 9.21 Å². The van der Waals surface area contributed by atoms with Crippen molar-refractivity contribution in [1.82, 2.24) is 4.98 Å². The summed E-state index contributed by atoms with van der Waals surface area (Å²) >= 11 is 0. The summed E-state index contributed by atoms with van der Waals surface area (Å²) in [5.74, 6) is 0.950. The first-order valence-corrected chi connectivity index (χ1v) is 5.38. The van der Waals surface area contributed by atoms with Crippen LogP contribution in [0.5, 0.6) is 0 Å². The molecule has 1 rings (SSSR count). The van der Waals surface area contributed by atoms with Crippen LogP contribution in [0.3, 0.4) is 0 Å². The molecule has 16 heavy (non-hydrogen) atoms. The highest BCUT2D eigenvalue weighted by Crippen LogP contribution is 2.24. The first-order chi connectivity index (χ1) is 7.10. The van der Waals surface area contributed by atoms with Crippen LogP contribution in [0.1, 0.15) is 47.4 Å². The second-order valence-electron chi connectivity index (χ2n) is 5.98. The second kappa shape index (κ2) is 3.92. The van der Waals surface area contributed by atoms with Gasteiger partial charge in [0.15, 0.2) is 0 Å². The van der Waals surface area contributed by atoms with Crippen molar-refractivity contribution in [1.29, 1.82) is 0 Å². The molecule has 0 spiro atoms. The van der Waals surface area contributed by atoms with E-state index in [0.29, 0.717) is 11.8 Å². The number of nitrogens with zero attached hydrogens (tertiary/aromatic N) is 1. The molecule has 0 unspecified atom stereocenters. The SMILES string of the molecule is CC(C)(C)C(=O)Nc1cnc(C(C)(C)C)o1. The number of nitrogens with one attached hydrogen (secondary N) is 1. The number of hydrogen-bond donors (Lipinski definition) is 1. The highest BCUT2D eigenvalue weighted by Gasteiger charge is 2.24. The lowest BCUT2D eigenvalue weighted by atomic mass is 9.96. The average Bonchev–Trinajstić information content (AvgIpc) is 2.49. The summed E-state index contributed by atoms with van der Waals surface area (Å²) < 4.78 is 5.47. The van der Waals surface area contributed by atoms with Gasteiger partial charge in [-0.05, 0) is 0 Å². The van der Waals surface area contributed by atoms with Crippen LogP contribution in [-0.2, 0) is 10.2 Å². The Hall–Kier alpha value is -1.32. The molecule has 0 saturated carbocycles. The minimum absolute atomic E-state index is 0.0795. The van der Waals surface area contributed by atoms with Crippen molar-refractivity contribution >= 4 is 11.8 Å². The summed E-state index contributed by atoms with van der Waals surface area (Å²) in [7, 11) is 0. The Kier molecular flexibility index (Phi) is 3.13. The molecule has 1 heterocycles. The Morgan fingerprint density at radius 3 is 2.19 bits per heavy atom. The number of aromatic nitrogens is 1. The molecule has 1 amide bonds. The molecule has 0 radical (unpaired) electrons. The Morgan fingerprint density at radius 1 is 1.25 bits per heavy atom. The van der Waals surface area contributed by atoms with Crippen LogP contribution < -0.4 is 5.32 Å². The summed E-state index contributed by atoms with van der Waals surface area (Å²) in [4.78, 5) is 15.8. The monoisotopic (exact) mass is 224 g/mol. The van der Waals surface area contributed by atoms with E-state index in [-0.39, 0.29) is 11.3 Å². The molecular formula is C12H20N2O2. The van der Waals surface area contributed by atoms with Gasteiger partial charge in [-0.15, -0.1) is 0 Å². The van der Waals surface area contributed by atoms with Gasteiger partial charge in [0, 0.05) is 10.8 Å². The number of hydrogen-bond acceptors (Lipinski definition) is 3. The summed E-state index contributed by atoms with van der Waals surface area (Å²) in [6, 6.07) is 0. The molecule has 0 aliphatic heterocycles. The zero-order valence-electron chi connectivity index (χ0n) is 10.8. The van der Waals surface area contributed by atoms with Crippen LogP contribution in [0.2, 0.25) is 0 Å². The molecule has 0 fully saturated rings. The number of rotatable bonds is 1. The largest absolute Gasteiger partial charge is 0.424 e. The fourth-order valence-corrected chi connectivity index (χ4v) is 0.978. The van der Waals surface area contributed by atoms with Crippen molar-refractivity contribution in [3.8, 4) is 0 Å². The molecule has 0 atom stereocenters. The van der Waals surface area contributed by atoms with Crippen LogP contribution in [0.15, 0.2) is 10.6 Å². The van der Waals surface area contributed by atoms with Crippen molar-refractivity contribution in [2.24, 2.45) is 5.41 Å². The predicted octanol–water partition coefficient (Wildman–Crippen LogP) is 2.96. The highest BCUT2D eigenvalue weighted by atomic mass is 16.4. The number of amides is 1. The molecule has 4 nitrogen and oxygen atoms in total. The fraction of sp³-hybridized carbons (Fsp3) is 0.667. The summed E-state index contributed by atoms with van der Waals surface area (Å²) in [6.07, 6.45) is 1.55. The molecule has 0 saturated heterocycles. The minimum Gasteiger partial charge on any atom is -0.424 e. The van der Waals surface area contributed by atoms with E-state index >= 15 is 0 Å². The Balaban J connectivity index is 2.78. The van der Waals surface area contributed by atoms with E-state index in [9.17, 15) is 4.79 Å². The molecule has 0 bridgehead atoms. The normalized spacial score (nSPS) is 12.6. The third-order valence-electron chi connectivity index (χ3n) is 2.07. The van der Waals surface area contributed by atoms with Gasteiger partial charge < -0.3 is 4.42 Å². The third-order valence-corrected chi connectivity index (χ3v) is 2.07. The van der Waals surface area contributed by atoms with E-state index in [1.165, 1.54) is 0 Å². The van der Waals surface area contributed by atoms with E-state index < -0.39 is 5.41 Å². The molecule has 0 aromatic carbocycles. The van der Waals surface area contributed by atoms with Crippen LogP contribution in [0, 0.1) is 5.41 Å². The summed E-state index contributed by atoms with van der Waals surface area (Å²) in [5.41, 5.74) is -0.584. The van der Waals surface area contributed by atoms with E-state index in [1.54, 1.807) is 6.20 Å². The first kappa shape index (κ1) is 12.7. The van der Waals surface area contributed by atoms with Gasteiger partial charge in [-0.3, -0.25) is 10.1 Å². The Labute approximate surface area is 96.4 Å². The summed E-state index contributed by atoms with van der Waals surface area (Å²) in [6.45, 7) is 11.6. The van der Waals surface area contributed by atoms with E-state index in [2.05, 4.69) is 10.3 Å². The maximum atomic E-state index is 11.7. The minimum atomic E-state index is -0.436. The lowest BCUT2D eigenvalue weighted by molar-refractivity contribution is -0.123. The summed E-state index contributed by atoms with van der Waals surface area (Å²) in [5, 5.41) is 2.71. The van der Waals surface area contributed by atoms with E-state index in [4.69, 9.17) is 4.42 Å². The quantitative estimate of drug-likeness (QED) is 0.797. The number of anilines is 1. The van der Waals surface area contributed by atoms with Gasteiger partial charge in [-0.1, -0.05) is 41.5 Å². The smallest absolute Gasteiger partial charge is 0.232 e. The van der Waals surface area contributed by atoms with E-state index in [0.717, 1.165) is 0 Å². The number of carbonyl (C=O) groups is 1. The zero-order valence-corrected chi connectivity index (χ0v) is 10.8. The molecular weight excluding hydrogens is 204 g/mol. The zero-order chi connectivity index (χ0) is 12.6. The molecule has 1 aromatic heterocycles. The maximum Gasteiger partial charge on any atom is 0.232 e. The highest BCUT2D eigenvalue weighted by molar-refractivity contribution is 5.93. The first-order valence-electron chi connectivity index (χ1n) is 5.38. The van der Waals surface area contributed by atoms with Crippen LogP contribution in [0.25, 0.3) is 0 Å². The van der Waals surface area contributed by atoms with Crippen molar-refractivity contribution in [2.45, 2.75) is 47.0 Å². The van der Waals surface area contributed by atoms with Gasteiger partial charge in [-0.25, -0.2) is 4.98 Å². The molecule has 90 valence electrons. The van der Waals surface area contributed by atoms with Gasteiger partial charge in [-0.2, -0.15) is 0 Å². The lowest BCUT2D eigenvalue weighted by Crippen LogP contribution is -2.27. The van der Waals surface area contributed by atoms with Gasteiger partial charge >= 0.3 is 0 Å². The van der Waals surface area contributed by atoms with Gasteiger partial charge in [0.2, 0.25) is 17.7 Å². The average molecular weight is 224 g/mol.